The maximum Gasteiger partial charge on any atom is 0.319 e. The second-order valence-corrected chi connectivity index (χ2v) is 4.34. The van der Waals surface area contributed by atoms with E-state index in [1.165, 1.54) is 25.1 Å². The molecule has 0 spiro atoms. The number of rotatable bonds is 6. The number of allylic oxidation sites excluding steroid dienone is 2. The van der Waals surface area contributed by atoms with Gasteiger partial charge >= 0.3 is 5.97 Å². The maximum absolute atomic E-state index is 12.2. The molecule has 5 nitrogen and oxygen atoms in total. The number of nitrogens with zero attached hydrogens (tertiary/aromatic N) is 2. The summed E-state index contributed by atoms with van der Waals surface area (Å²) in [5.41, 5.74) is 0.620. The van der Waals surface area contributed by atoms with Crippen LogP contribution in [-0.2, 0) is 14.3 Å². The highest BCUT2D eigenvalue weighted by atomic mass is 19.1. The molecule has 1 amide bonds. The average Bonchev–Trinajstić information content (AvgIpc) is 2.37. The average molecular weight is 270 g/mol. The van der Waals surface area contributed by atoms with E-state index in [-0.39, 0.29) is 6.42 Å². The van der Waals surface area contributed by atoms with Crippen LogP contribution in [0.15, 0.2) is 11.6 Å². The van der Waals surface area contributed by atoms with Crippen LogP contribution in [0.1, 0.15) is 13.3 Å². The molecule has 0 rings (SSSR count). The Labute approximate surface area is 112 Å². The topological polar surface area (TPSA) is 70.4 Å². The SMILES string of the molecule is COC(=O)C(C(=O)N(C)C)C(C#N)/C=C(\C)CCF. The van der Waals surface area contributed by atoms with Crippen molar-refractivity contribution in [2.45, 2.75) is 13.3 Å². The molecule has 0 heterocycles. The summed E-state index contributed by atoms with van der Waals surface area (Å²) < 4.78 is 16.8. The lowest BCUT2D eigenvalue weighted by Crippen LogP contribution is -2.39. The number of carbonyl (C=O) groups excluding carboxylic acids is 2. The summed E-state index contributed by atoms with van der Waals surface area (Å²) in [7, 11) is 4.14. The minimum absolute atomic E-state index is 0.169. The largest absolute Gasteiger partial charge is 0.468 e. The molecule has 0 aliphatic rings. The van der Waals surface area contributed by atoms with Gasteiger partial charge in [0.2, 0.25) is 5.91 Å². The molecule has 0 saturated heterocycles. The summed E-state index contributed by atoms with van der Waals surface area (Å²) in [5.74, 6) is -3.47. The van der Waals surface area contributed by atoms with Crippen molar-refractivity contribution in [3.05, 3.63) is 11.6 Å². The Hall–Kier alpha value is -1.90. The number of amides is 1. The van der Waals surface area contributed by atoms with Crippen molar-refractivity contribution in [3.8, 4) is 6.07 Å². The quantitative estimate of drug-likeness (QED) is 0.414. The van der Waals surface area contributed by atoms with Gasteiger partial charge < -0.3 is 9.64 Å². The van der Waals surface area contributed by atoms with Gasteiger partial charge in [0.25, 0.3) is 0 Å². The summed E-state index contributed by atoms with van der Waals surface area (Å²) in [6.07, 6.45) is 1.62. The maximum atomic E-state index is 12.2. The number of ether oxygens (including phenoxy) is 1. The van der Waals surface area contributed by atoms with Crippen LogP contribution in [0.4, 0.5) is 4.39 Å². The van der Waals surface area contributed by atoms with Gasteiger partial charge in [0.15, 0.2) is 5.92 Å². The zero-order valence-corrected chi connectivity index (χ0v) is 11.6. The number of nitriles is 1. The predicted molar refractivity (Wildman–Crippen MR) is 67.7 cm³/mol. The molecule has 0 aliphatic heterocycles. The molecule has 19 heavy (non-hydrogen) atoms. The number of alkyl halides is 1. The molecule has 2 unspecified atom stereocenters. The van der Waals surface area contributed by atoms with Gasteiger partial charge in [0.05, 0.1) is 25.8 Å². The van der Waals surface area contributed by atoms with Gasteiger partial charge in [-0.15, -0.1) is 0 Å². The highest BCUT2D eigenvalue weighted by Gasteiger charge is 2.36. The van der Waals surface area contributed by atoms with Gasteiger partial charge in [-0.1, -0.05) is 11.6 Å². The fraction of sp³-hybridized carbons (Fsp3) is 0.615. The second-order valence-electron chi connectivity index (χ2n) is 4.34. The summed E-state index contributed by atoms with van der Waals surface area (Å²) in [6.45, 7) is 1.10. The molecule has 0 aromatic heterocycles. The van der Waals surface area contributed by atoms with E-state index >= 15 is 0 Å². The third-order valence-corrected chi connectivity index (χ3v) is 2.62. The lowest BCUT2D eigenvalue weighted by Gasteiger charge is -2.21. The van der Waals surface area contributed by atoms with Gasteiger partial charge in [-0.3, -0.25) is 14.0 Å². The summed E-state index contributed by atoms with van der Waals surface area (Å²) in [4.78, 5) is 24.9. The van der Waals surface area contributed by atoms with Crippen LogP contribution in [0.2, 0.25) is 0 Å². The molecule has 0 fully saturated rings. The van der Waals surface area contributed by atoms with Crippen LogP contribution in [-0.4, -0.2) is 44.7 Å². The highest BCUT2D eigenvalue weighted by Crippen LogP contribution is 2.20. The molecule has 0 bridgehead atoms. The van der Waals surface area contributed by atoms with Crippen LogP contribution in [0, 0.1) is 23.2 Å². The fourth-order valence-electron chi connectivity index (χ4n) is 1.55. The van der Waals surface area contributed by atoms with Crippen LogP contribution < -0.4 is 0 Å². The zero-order valence-electron chi connectivity index (χ0n) is 11.6. The smallest absolute Gasteiger partial charge is 0.319 e. The van der Waals surface area contributed by atoms with Gasteiger partial charge in [-0.05, 0) is 13.3 Å². The van der Waals surface area contributed by atoms with Gasteiger partial charge in [-0.2, -0.15) is 5.26 Å². The van der Waals surface area contributed by atoms with Crippen molar-refractivity contribution in [3.63, 3.8) is 0 Å². The lowest BCUT2D eigenvalue weighted by molar-refractivity contribution is -0.153. The summed E-state index contributed by atoms with van der Waals surface area (Å²) >= 11 is 0. The molecular weight excluding hydrogens is 251 g/mol. The number of methoxy groups -OCH3 is 1. The number of carbonyl (C=O) groups is 2. The third kappa shape index (κ3) is 5.08. The van der Waals surface area contributed by atoms with Gasteiger partial charge in [0, 0.05) is 14.1 Å². The summed E-state index contributed by atoms with van der Waals surface area (Å²) in [6, 6.07) is 1.90. The molecule has 0 aromatic carbocycles. The molecule has 0 aliphatic carbocycles. The van der Waals surface area contributed by atoms with Crippen LogP contribution >= 0.6 is 0 Å². The fourth-order valence-corrected chi connectivity index (χ4v) is 1.55. The van der Waals surface area contributed by atoms with Crippen LogP contribution in [0.5, 0.6) is 0 Å². The van der Waals surface area contributed by atoms with E-state index in [2.05, 4.69) is 4.74 Å². The highest BCUT2D eigenvalue weighted by molar-refractivity contribution is 5.98. The van der Waals surface area contributed by atoms with E-state index in [9.17, 15) is 14.0 Å². The van der Waals surface area contributed by atoms with E-state index < -0.39 is 30.4 Å². The Kier molecular flexibility index (Phi) is 7.42. The van der Waals surface area contributed by atoms with Crippen LogP contribution in [0.3, 0.4) is 0 Å². The minimum atomic E-state index is -1.22. The molecule has 0 aromatic rings. The molecule has 2 atom stereocenters. The van der Waals surface area contributed by atoms with E-state index in [4.69, 9.17) is 5.26 Å². The van der Waals surface area contributed by atoms with Crippen molar-refractivity contribution < 1.29 is 18.7 Å². The van der Waals surface area contributed by atoms with Crippen molar-refractivity contribution in [1.82, 2.24) is 4.90 Å². The summed E-state index contributed by atoms with van der Waals surface area (Å²) in [5, 5.41) is 9.12. The molecular formula is C13H19FN2O3. The third-order valence-electron chi connectivity index (χ3n) is 2.62. The molecule has 0 radical (unpaired) electrons. The van der Waals surface area contributed by atoms with Crippen molar-refractivity contribution >= 4 is 11.9 Å². The van der Waals surface area contributed by atoms with E-state index in [1.54, 1.807) is 6.92 Å². The first-order chi connectivity index (χ1) is 8.88. The first kappa shape index (κ1) is 17.1. The normalized spacial score (nSPS) is 14.2. The lowest BCUT2D eigenvalue weighted by atomic mass is 9.90. The Bertz CT molecular complexity index is 399. The number of esters is 1. The molecule has 6 heteroatoms. The first-order valence-corrected chi connectivity index (χ1v) is 5.80. The number of hydrogen-bond acceptors (Lipinski definition) is 4. The molecule has 106 valence electrons. The molecule has 0 saturated carbocycles. The van der Waals surface area contributed by atoms with E-state index in [1.807, 2.05) is 6.07 Å². The van der Waals surface area contributed by atoms with Crippen molar-refractivity contribution in [2.75, 3.05) is 27.9 Å². The van der Waals surface area contributed by atoms with E-state index in [0.29, 0.717) is 5.57 Å². The first-order valence-electron chi connectivity index (χ1n) is 5.80. The molecule has 0 N–H and O–H groups in total. The van der Waals surface area contributed by atoms with Gasteiger partial charge in [0.1, 0.15) is 0 Å². The Balaban J connectivity index is 5.33. The predicted octanol–water partition coefficient (Wildman–Crippen LogP) is 1.31. The number of hydrogen-bond donors (Lipinski definition) is 0. The Morgan fingerprint density at radius 3 is 2.42 bits per heavy atom. The number of halogens is 1. The zero-order chi connectivity index (χ0) is 15.0. The van der Waals surface area contributed by atoms with Gasteiger partial charge in [-0.25, -0.2) is 0 Å². The minimum Gasteiger partial charge on any atom is -0.468 e. The second kappa shape index (κ2) is 8.25. The van der Waals surface area contributed by atoms with Crippen molar-refractivity contribution in [2.24, 2.45) is 11.8 Å². The monoisotopic (exact) mass is 270 g/mol. The van der Waals surface area contributed by atoms with Crippen molar-refractivity contribution in [1.29, 1.82) is 5.26 Å². The Morgan fingerprint density at radius 1 is 1.47 bits per heavy atom. The van der Waals surface area contributed by atoms with E-state index in [0.717, 1.165) is 7.11 Å². The van der Waals surface area contributed by atoms with Crippen LogP contribution in [0.25, 0.3) is 0 Å². The Morgan fingerprint density at radius 2 is 2.05 bits per heavy atom. The standard InChI is InChI=1S/C13H19FN2O3/c1-9(5-6-14)7-10(8-15)11(13(18)19-4)12(17)16(2)3/h7,10-11H,5-6H2,1-4H3/b9-7+.